The molecular formula is C43H34FN3O5S2. The number of likely N-dealkylation sites (tertiary alicyclic amines) is 1. The van der Waals surface area contributed by atoms with Crippen molar-refractivity contribution in [1.82, 2.24) is 10.2 Å². The monoisotopic (exact) mass is 755 g/mol. The molecule has 0 bridgehead atoms. The first kappa shape index (κ1) is 36.6. The summed E-state index contributed by atoms with van der Waals surface area (Å²) in [6, 6.07) is 36.3. The number of halogens is 1. The molecule has 2 aliphatic rings. The number of ketones is 1. The zero-order valence-corrected chi connectivity index (χ0v) is 30.5. The molecule has 54 heavy (non-hydrogen) atoms. The summed E-state index contributed by atoms with van der Waals surface area (Å²) >= 11 is 6.25. The van der Waals surface area contributed by atoms with Crippen molar-refractivity contribution < 1.29 is 28.3 Å². The van der Waals surface area contributed by atoms with Crippen LogP contribution in [0, 0.1) is 5.82 Å². The van der Waals surface area contributed by atoms with E-state index < -0.39 is 23.5 Å². The molecule has 7 rings (SSSR count). The van der Waals surface area contributed by atoms with E-state index in [2.05, 4.69) is 10.6 Å². The minimum atomic E-state index is -0.536. The fourth-order valence-electron chi connectivity index (χ4n) is 6.63. The summed E-state index contributed by atoms with van der Waals surface area (Å²) in [7, 11) is 0. The molecule has 2 saturated heterocycles. The number of ether oxygens (including phenoxy) is 1. The molecule has 0 spiro atoms. The molecule has 0 unspecified atom stereocenters. The molecule has 2 atom stereocenters. The van der Waals surface area contributed by atoms with Gasteiger partial charge in [0, 0.05) is 35.8 Å². The van der Waals surface area contributed by atoms with Gasteiger partial charge in [0.15, 0.2) is 5.78 Å². The number of benzene rings is 5. The Labute approximate surface area is 321 Å². The van der Waals surface area contributed by atoms with Gasteiger partial charge in [-0.3, -0.25) is 19.2 Å². The number of hydrogen-bond acceptors (Lipinski definition) is 7. The fourth-order valence-corrected chi connectivity index (χ4v) is 7.67. The smallest absolute Gasteiger partial charge is 0.263 e. The Morgan fingerprint density at radius 3 is 2.28 bits per heavy atom. The number of carbonyl (C=O) groups excluding carboxylic acids is 4. The van der Waals surface area contributed by atoms with Crippen LogP contribution in [0.3, 0.4) is 0 Å². The van der Waals surface area contributed by atoms with Crippen LogP contribution in [0.25, 0.3) is 17.2 Å². The lowest BCUT2D eigenvalue weighted by Crippen LogP contribution is -2.38. The van der Waals surface area contributed by atoms with Crippen molar-refractivity contribution >= 4 is 63.6 Å². The van der Waals surface area contributed by atoms with E-state index in [1.54, 1.807) is 59.5 Å². The van der Waals surface area contributed by atoms with Gasteiger partial charge < -0.3 is 20.3 Å². The minimum absolute atomic E-state index is 0.0136. The molecule has 0 aliphatic carbocycles. The molecule has 270 valence electrons. The van der Waals surface area contributed by atoms with E-state index in [0.29, 0.717) is 27.9 Å². The second-order valence-electron chi connectivity index (χ2n) is 12.9. The number of thiocarbonyl (C=S) groups is 1. The molecule has 11 heteroatoms. The highest BCUT2D eigenvalue weighted by molar-refractivity contribution is 8.26. The first-order valence-electron chi connectivity index (χ1n) is 17.3. The predicted molar refractivity (Wildman–Crippen MR) is 212 cm³/mol. The second-order valence-corrected chi connectivity index (χ2v) is 14.6. The van der Waals surface area contributed by atoms with E-state index >= 15 is 0 Å². The standard InChI is InChI=1S/C43H34FN3O5S2/c44-31-18-16-29(17-19-31)40(49)36-12-6-7-13-37(36)42(51)47-25-34(52-26-30-10-4-5-11-35(30)28-8-2-1-3-9-28)23-33(47)24-39(48)45-32-20-14-27(15-21-32)22-38-41(50)46-43(53)54-38/h1-22,33-34H,23-26H2,(H,45,48)(H,46,50,53)/t33-,34+/m0/s1. The molecule has 2 fully saturated rings. The van der Waals surface area contributed by atoms with Crippen LogP contribution in [-0.2, 0) is 20.9 Å². The number of amides is 3. The van der Waals surface area contributed by atoms with Gasteiger partial charge in [-0.2, -0.15) is 0 Å². The van der Waals surface area contributed by atoms with Crippen LogP contribution in [0.1, 0.15) is 50.2 Å². The second kappa shape index (κ2) is 16.5. The van der Waals surface area contributed by atoms with Crippen LogP contribution in [0.5, 0.6) is 0 Å². The zero-order valence-electron chi connectivity index (χ0n) is 28.9. The molecule has 8 nitrogen and oxygen atoms in total. The van der Waals surface area contributed by atoms with Gasteiger partial charge >= 0.3 is 0 Å². The van der Waals surface area contributed by atoms with Crippen molar-refractivity contribution in [3.8, 4) is 11.1 Å². The Kier molecular flexibility index (Phi) is 11.2. The van der Waals surface area contributed by atoms with Crippen LogP contribution in [0.2, 0.25) is 0 Å². The van der Waals surface area contributed by atoms with Crippen molar-refractivity contribution in [2.24, 2.45) is 0 Å². The lowest BCUT2D eigenvalue weighted by Gasteiger charge is -2.25. The van der Waals surface area contributed by atoms with E-state index in [1.807, 2.05) is 54.6 Å². The van der Waals surface area contributed by atoms with Crippen molar-refractivity contribution in [3.05, 3.63) is 166 Å². The maximum absolute atomic E-state index is 14.4. The molecule has 5 aromatic rings. The highest BCUT2D eigenvalue weighted by Crippen LogP contribution is 2.31. The third kappa shape index (κ3) is 8.55. The average Bonchev–Trinajstić information content (AvgIpc) is 3.74. The summed E-state index contributed by atoms with van der Waals surface area (Å²) in [5.41, 5.74) is 5.05. The van der Waals surface area contributed by atoms with Gasteiger partial charge in [-0.05, 0) is 77.2 Å². The van der Waals surface area contributed by atoms with Gasteiger partial charge in [0.2, 0.25) is 5.91 Å². The average molecular weight is 756 g/mol. The van der Waals surface area contributed by atoms with Crippen LogP contribution in [0.4, 0.5) is 10.1 Å². The normalized spacial score (nSPS) is 17.4. The molecule has 2 N–H and O–H groups in total. The number of rotatable bonds is 11. The summed E-state index contributed by atoms with van der Waals surface area (Å²) < 4.78 is 20.5. The van der Waals surface area contributed by atoms with Gasteiger partial charge in [0.1, 0.15) is 10.1 Å². The van der Waals surface area contributed by atoms with E-state index in [-0.39, 0.29) is 47.6 Å². The number of carbonyl (C=O) groups is 4. The maximum Gasteiger partial charge on any atom is 0.263 e. The fraction of sp³-hybridized carbons (Fsp3) is 0.140. The summed E-state index contributed by atoms with van der Waals surface area (Å²) in [6.45, 7) is 0.506. The number of nitrogens with one attached hydrogen (secondary N) is 2. The Morgan fingerprint density at radius 2 is 1.56 bits per heavy atom. The topological polar surface area (TPSA) is 105 Å². The molecule has 0 aromatic heterocycles. The van der Waals surface area contributed by atoms with Crippen LogP contribution < -0.4 is 10.6 Å². The zero-order chi connectivity index (χ0) is 37.6. The number of thioether (sulfide) groups is 1. The maximum atomic E-state index is 14.4. The quantitative estimate of drug-likeness (QED) is 0.0799. The molecule has 0 saturated carbocycles. The molecular weight excluding hydrogens is 722 g/mol. The van der Waals surface area contributed by atoms with Crippen LogP contribution in [-0.4, -0.2) is 51.4 Å². The van der Waals surface area contributed by atoms with Gasteiger partial charge in [0.25, 0.3) is 11.8 Å². The number of anilines is 1. The summed E-state index contributed by atoms with van der Waals surface area (Å²) in [6.07, 6.45) is 1.72. The number of nitrogens with zero attached hydrogens (tertiary/aromatic N) is 1. The lowest BCUT2D eigenvalue weighted by molar-refractivity contribution is -0.117. The van der Waals surface area contributed by atoms with Crippen LogP contribution in [0.15, 0.2) is 132 Å². The summed E-state index contributed by atoms with van der Waals surface area (Å²) in [4.78, 5) is 55.6. The first-order chi connectivity index (χ1) is 26.2. The van der Waals surface area contributed by atoms with E-state index in [9.17, 15) is 23.6 Å². The Bertz CT molecular complexity index is 2260. The van der Waals surface area contributed by atoms with E-state index in [1.165, 1.54) is 36.0 Å². The van der Waals surface area contributed by atoms with E-state index in [4.69, 9.17) is 17.0 Å². The van der Waals surface area contributed by atoms with Crippen molar-refractivity contribution in [1.29, 1.82) is 0 Å². The van der Waals surface area contributed by atoms with Gasteiger partial charge in [-0.15, -0.1) is 0 Å². The molecule has 2 heterocycles. The predicted octanol–water partition coefficient (Wildman–Crippen LogP) is 8.04. The van der Waals surface area contributed by atoms with Gasteiger partial charge in [-0.25, -0.2) is 4.39 Å². The Morgan fingerprint density at radius 1 is 0.870 bits per heavy atom. The van der Waals surface area contributed by atoms with Gasteiger partial charge in [-0.1, -0.05) is 109 Å². The highest BCUT2D eigenvalue weighted by atomic mass is 32.2. The molecule has 0 radical (unpaired) electrons. The van der Waals surface area contributed by atoms with E-state index in [0.717, 1.165) is 22.3 Å². The summed E-state index contributed by atoms with van der Waals surface area (Å²) in [5, 5.41) is 5.52. The SMILES string of the molecule is O=C(C[C@@H]1C[C@@H](OCc2ccccc2-c2ccccc2)CN1C(=O)c1ccccc1C(=O)c1ccc(F)cc1)Nc1ccc(C=C2SC(=S)NC2=O)cc1. The molecule has 5 aromatic carbocycles. The Hall–Kier alpha value is -5.75. The van der Waals surface area contributed by atoms with Crippen molar-refractivity contribution in [2.75, 3.05) is 11.9 Å². The van der Waals surface area contributed by atoms with Crippen LogP contribution >= 0.6 is 24.0 Å². The highest BCUT2D eigenvalue weighted by Gasteiger charge is 2.38. The molecule has 2 aliphatic heterocycles. The number of hydrogen-bond donors (Lipinski definition) is 2. The first-order valence-corrected chi connectivity index (χ1v) is 18.5. The van der Waals surface area contributed by atoms with Gasteiger partial charge in [0.05, 0.1) is 23.2 Å². The lowest BCUT2D eigenvalue weighted by atomic mass is 9.97. The minimum Gasteiger partial charge on any atom is -0.372 e. The van der Waals surface area contributed by atoms with Crippen molar-refractivity contribution in [3.63, 3.8) is 0 Å². The third-order valence-electron chi connectivity index (χ3n) is 9.28. The van der Waals surface area contributed by atoms with Crippen molar-refractivity contribution in [2.45, 2.75) is 31.6 Å². The summed E-state index contributed by atoms with van der Waals surface area (Å²) in [5.74, 6) is -1.83. The molecule has 3 amide bonds. The largest absolute Gasteiger partial charge is 0.372 e. The third-order valence-corrected chi connectivity index (χ3v) is 10.4. The Balaban J connectivity index is 1.10.